The topological polar surface area (TPSA) is 59.8 Å². The second kappa shape index (κ2) is 7.97. The van der Waals surface area contributed by atoms with Gasteiger partial charge in [0.05, 0.1) is 35.7 Å². The van der Waals surface area contributed by atoms with Crippen molar-refractivity contribution in [2.75, 3.05) is 25.0 Å². The van der Waals surface area contributed by atoms with Crippen LogP contribution in [0.15, 0.2) is 24.3 Å². The number of amides is 1. The summed E-state index contributed by atoms with van der Waals surface area (Å²) in [4.78, 5) is 27.5. The lowest BCUT2D eigenvalue weighted by Gasteiger charge is -2.22. The maximum atomic E-state index is 13.9. The molecule has 0 saturated heterocycles. The number of ether oxygens (including phenoxy) is 1. The van der Waals surface area contributed by atoms with Crippen molar-refractivity contribution in [1.82, 2.24) is 0 Å². The van der Waals surface area contributed by atoms with Crippen molar-refractivity contribution in [2.45, 2.75) is 26.8 Å². The third-order valence-electron chi connectivity index (χ3n) is 4.55. The van der Waals surface area contributed by atoms with Crippen LogP contribution in [0.4, 0.5) is 9.39 Å². The molecule has 1 aromatic carbocycles. The van der Waals surface area contributed by atoms with Gasteiger partial charge in [0.1, 0.15) is 17.4 Å². The third-order valence-corrected chi connectivity index (χ3v) is 5.70. The number of thiophene rings is 1. The number of nitrogens with one attached hydrogen (secondary N) is 2. The average Bonchev–Trinajstić information content (AvgIpc) is 2.98. The second-order valence-electron chi connectivity index (χ2n) is 6.14. The molecule has 5 nitrogen and oxygen atoms in total. The Kier molecular flexibility index (Phi) is 5.68. The number of carbonyl (C=O) groups is 2. The molecular formula is C19H22FN2O3S+. The lowest BCUT2D eigenvalue weighted by molar-refractivity contribution is -0.913. The Labute approximate surface area is 155 Å². The van der Waals surface area contributed by atoms with Crippen LogP contribution in [0, 0.1) is 5.82 Å². The monoisotopic (exact) mass is 377 g/mol. The number of carbonyl (C=O) groups excluding carboxylic acids is 2. The van der Waals surface area contributed by atoms with E-state index < -0.39 is 17.7 Å². The van der Waals surface area contributed by atoms with Gasteiger partial charge < -0.3 is 15.0 Å². The van der Waals surface area contributed by atoms with Gasteiger partial charge in [-0.25, -0.2) is 9.18 Å². The summed E-state index contributed by atoms with van der Waals surface area (Å²) in [5.74, 6) is -1.59. The first kappa shape index (κ1) is 18.5. The van der Waals surface area contributed by atoms with Gasteiger partial charge in [-0.3, -0.25) is 4.79 Å². The molecule has 2 heterocycles. The van der Waals surface area contributed by atoms with E-state index in [0.717, 1.165) is 36.5 Å². The zero-order valence-corrected chi connectivity index (χ0v) is 15.7. The summed E-state index contributed by atoms with van der Waals surface area (Å²) in [6.45, 7) is 6.89. The smallest absolute Gasteiger partial charge is 0.341 e. The van der Waals surface area contributed by atoms with Crippen molar-refractivity contribution in [1.29, 1.82) is 0 Å². The number of likely N-dealkylation sites (N-methyl/N-ethyl adjacent to an activating group) is 1. The summed E-state index contributed by atoms with van der Waals surface area (Å²) in [7, 11) is 0. The Hall–Kier alpha value is -2.25. The van der Waals surface area contributed by atoms with Crippen LogP contribution in [0.5, 0.6) is 0 Å². The molecule has 1 aromatic heterocycles. The molecule has 3 rings (SSSR count). The van der Waals surface area contributed by atoms with Crippen LogP contribution in [0.25, 0.3) is 0 Å². The molecule has 2 N–H and O–H groups in total. The normalized spacial score (nSPS) is 16.0. The van der Waals surface area contributed by atoms with Gasteiger partial charge in [-0.05, 0) is 31.5 Å². The summed E-state index contributed by atoms with van der Waals surface area (Å²) < 4.78 is 19.1. The van der Waals surface area contributed by atoms with Crippen LogP contribution in [-0.4, -0.2) is 31.6 Å². The third kappa shape index (κ3) is 3.64. The van der Waals surface area contributed by atoms with E-state index in [0.29, 0.717) is 10.6 Å². The number of anilines is 1. The summed E-state index contributed by atoms with van der Waals surface area (Å²) in [5, 5.41) is 3.17. The molecule has 1 aliphatic heterocycles. The van der Waals surface area contributed by atoms with Crippen LogP contribution >= 0.6 is 11.3 Å². The predicted molar refractivity (Wildman–Crippen MR) is 98.4 cm³/mol. The minimum atomic E-state index is -0.592. The summed E-state index contributed by atoms with van der Waals surface area (Å²) in [5.41, 5.74) is 1.33. The minimum Gasteiger partial charge on any atom is -0.462 e. The van der Waals surface area contributed by atoms with Crippen LogP contribution in [-0.2, 0) is 17.7 Å². The first-order valence-corrected chi connectivity index (χ1v) is 9.57. The molecule has 26 heavy (non-hydrogen) atoms. The highest BCUT2D eigenvalue weighted by atomic mass is 32.1. The Morgan fingerprint density at radius 2 is 2.08 bits per heavy atom. The molecule has 1 aliphatic rings. The Bertz CT molecular complexity index is 834. The summed E-state index contributed by atoms with van der Waals surface area (Å²) >= 11 is 1.39. The number of rotatable bonds is 5. The molecule has 0 aliphatic carbocycles. The average molecular weight is 377 g/mol. The van der Waals surface area contributed by atoms with Gasteiger partial charge in [-0.15, -0.1) is 11.3 Å². The van der Waals surface area contributed by atoms with Crippen molar-refractivity contribution >= 4 is 28.2 Å². The van der Waals surface area contributed by atoms with Crippen molar-refractivity contribution in [2.24, 2.45) is 0 Å². The number of halogens is 1. The maximum Gasteiger partial charge on any atom is 0.341 e. The zero-order chi connectivity index (χ0) is 18.7. The fraction of sp³-hybridized carbons (Fsp3) is 0.368. The quantitative estimate of drug-likeness (QED) is 0.786. The molecule has 1 unspecified atom stereocenters. The number of benzene rings is 1. The van der Waals surface area contributed by atoms with E-state index in [2.05, 4.69) is 12.2 Å². The molecule has 0 radical (unpaired) electrons. The van der Waals surface area contributed by atoms with Gasteiger partial charge >= 0.3 is 5.97 Å². The minimum absolute atomic E-state index is 0.0468. The van der Waals surface area contributed by atoms with Crippen LogP contribution in [0.1, 0.15) is 45.0 Å². The highest BCUT2D eigenvalue weighted by Crippen LogP contribution is 2.35. The van der Waals surface area contributed by atoms with E-state index >= 15 is 0 Å². The molecule has 0 bridgehead atoms. The number of fused-ring (bicyclic) bond motifs is 1. The van der Waals surface area contributed by atoms with Crippen LogP contribution < -0.4 is 10.2 Å². The van der Waals surface area contributed by atoms with E-state index in [1.54, 1.807) is 13.0 Å². The maximum absolute atomic E-state index is 13.9. The molecule has 0 saturated carbocycles. The van der Waals surface area contributed by atoms with Crippen molar-refractivity contribution < 1.29 is 23.6 Å². The molecule has 138 valence electrons. The zero-order valence-electron chi connectivity index (χ0n) is 14.9. The first-order valence-electron chi connectivity index (χ1n) is 8.76. The number of hydrogen-bond acceptors (Lipinski definition) is 4. The van der Waals surface area contributed by atoms with Crippen molar-refractivity contribution in [3.8, 4) is 0 Å². The number of quaternary nitrogens is 1. The van der Waals surface area contributed by atoms with Gasteiger partial charge in [-0.1, -0.05) is 12.1 Å². The van der Waals surface area contributed by atoms with E-state index in [1.807, 2.05) is 0 Å². The summed E-state index contributed by atoms with van der Waals surface area (Å²) in [6.07, 6.45) is 0.763. The lowest BCUT2D eigenvalue weighted by Crippen LogP contribution is -3.11. The fourth-order valence-electron chi connectivity index (χ4n) is 3.16. The van der Waals surface area contributed by atoms with Crippen LogP contribution in [0.3, 0.4) is 0 Å². The van der Waals surface area contributed by atoms with Gasteiger partial charge in [0.25, 0.3) is 5.91 Å². The molecule has 1 atom stereocenters. The fourth-order valence-corrected chi connectivity index (χ4v) is 4.46. The Morgan fingerprint density at radius 1 is 1.31 bits per heavy atom. The van der Waals surface area contributed by atoms with Gasteiger partial charge in [0, 0.05) is 6.42 Å². The molecule has 2 aromatic rings. The molecular weight excluding hydrogens is 355 g/mol. The second-order valence-corrected chi connectivity index (χ2v) is 7.25. The molecule has 7 heteroatoms. The van der Waals surface area contributed by atoms with E-state index in [-0.39, 0.29) is 12.2 Å². The van der Waals surface area contributed by atoms with Gasteiger partial charge in [0.2, 0.25) is 0 Å². The predicted octanol–water partition coefficient (Wildman–Crippen LogP) is 2.28. The number of esters is 1. The van der Waals surface area contributed by atoms with Gasteiger partial charge in [-0.2, -0.15) is 0 Å². The molecule has 0 spiro atoms. The molecule has 0 fully saturated rings. The van der Waals surface area contributed by atoms with E-state index in [1.165, 1.54) is 34.4 Å². The lowest BCUT2D eigenvalue weighted by atomic mass is 10.0. The van der Waals surface area contributed by atoms with Crippen LogP contribution in [0.2, 0.25) is 0 Å². The van der Waals surface area contributed by atoms with E-state index in [4.69, 9.17) is 4.74 Å². The summed E-state index contributed by atoms with van der Waals surface area (Å²) in [6, 6.07) is 5.79. The highest BCUT2D eigenvalue weighted by molar-refractivity contribution is 7.17. The highest BCUT2D eigenvalue weighted by Gasteiger charge is 2.31. The van der Waals surface area contributed by atoms with E-state index in [9.17, 15) is 14.0 Å². The largest absolute Gasteiger partial charge is 0.462 e. The Morgan fingerprint density at radius 3 is 2.77 bits per heavy atom. The Balaban J connectivity index is 1.95. The van der Waals surface area contributed by atoms with Gasteiger partial charge in [0.15, 0.2) is 0 Å². The standard InChI is InChI=1S/C19H21FN2O3S/c1-3-22-10-9-13-15(11-22)26-18(16(13)19(24)25-4-2)21-17(23)12-7-5-6-8-14(12)20/h5-8H,3-4,9-11H2,1-2H3,(H,21,23)/p+1. The number of hydrogen-bond donors (Lipinski definition) is 2. The van der Waals surface area contributed by atoms with Crippen molar-refractivity contribution in [3.05, 3.63) is 51.7 Å². The van der Waals surface area contributed by atoms with Crippen molar-refractivity contribution in [3.63, 3.8) is 0 Å². The molecule has 1 amide bonds. The first-order chi connectivity index (χ1) is 12.5. The SMILES string of the molecule is CCOC(=O)c1c(NC(=O)c2ccccc2F)sc2c1CC[NH+](CC)C2.